The van der Waals surface area contributed by atoms with Crippen LogP contribution in [0.1, 0.15) is 68.8 Å². The topological polar surface area (TPSA) is 155 Å². The first-order valence-electron chi connectivity index (χ1n) is 18.4. The highest BCUT2D eigenvalue weighted by atomic mass is 32.2. The van der Waals surface area contributed by atoms with Gasteiger partial charge in [0.25, 0.3) is 0 Å². The standard InChI is InChI=1S/C40H44N4O9S/c1-7-50-35-19(3)36-37(53-17-52-36)29-25-15-51-39(47)40(22-13-27(48-5)26(45)12-20(22)8-9-42-40)16-54-38(30(29)35)32-31-28-21(10-18(2)34(49-6)33(28)46)11-23(43(31)4)24(14-41)44(25)32/h10,12-13,23-25,31-32,38,42,45-46H,7-9,11,15-17H2,1-6H3/t23-,24-,25+,31+,32?,38+,40+/m0/s1. The molecule has 7 atom stereocenters. The Balaban J connectivity index is 1.33. The summed E-state index contributed by atoms with van der Waals surface area (Å²) in [5.74, 6) is 2.43. The number of nitrogens with one attached hydrogen (secondary N) is 1. The van der Waals surface area contributed by atoms with Crippen LogP contribution in [0.5, 0.6) is 40.2 Å². The van der Waals surface area contributed by atoms with Gasteiger partial charge in [-0.3, -0.25) is 15.1 Å². The molecule has 7 aliphatic rings. The average Bonchev–Trinajstić information content (AvgIpc) is 3.65. The molecule has 0 radical (unpaired) electrons. The number of aromatic hydroxyl groups is 2. The molecule has 284 valence electrons. The number of phenolic OH excluding ortho intramolecular Hbond substituents is 2. The highest BCUT2D eigenvalue weighted by Gasteiger charge is 2.61. The van der Waals surface area contributed by atoms with Crippen molar-refractivity contribution in [2.75, 3.05) is 53.6 Å². The fraction of sp³-hybridized carbons (Fsp3) is 0.500. The van der Waals surface area contributed by atoms with E-state index < -0.39 is 34.9 Å². The molecule has 4 bridgehead atoms. The summed E-state index contributed by atoms with van der Waals surface area (Å²) in [6.45, 7) is 6.67. The Kier molecular flexibility index (Phi) is 8.31. The van der Waals surface area contributed by atoms with Crippen LogP contribution >= 0.6 is 11.8 Å². The molecule has 1 spiro atoms. The number of nitriles is 1. The number of hydrogen-bond donors (Lipinski definition) is 3. The average molecular weight is 757 g/mol. The van der Waals surface area contributed by atoms with Gasteiger partial charge in [-0.15, -0.1) is 11.8 Å². The van der Waals surface area contributed by atoms with Crippen molar-refractivity contribution < 1.29 is 43.4 Å². The number of carbonyl (C=O) groups is 1. The third kappa shape index (κ3) is 4.65. The number of thioether (sulfide) groups is 1. The van der Waals surface area contributed by atoms with Gasteiger partial charge in [0.2, 0.25) is 6.79 Å². The minimum absolute atomic E-state index is 0.00879. The lowest BCUT2D eigenvalue weighted by molar-refractivity contribution is -0.157. The molecule has 54 heavy (non-hydrogen) atoms. The number of benzene rings is 3. The van der Waals surface area contributed by atoms with Crippen molar-refractivity contribution in [3.63, 3.8) is 0 Å². The monoisotopic (exact) mass is 756 g/mol. The van der Waals surface area contributed by atoms with Crippen LogP contribution in [-0.2, 0) is 27.9 Å². The Bertz CT molecular complexity index is 2140. The van der Waals surface area contributed by atoms with E-state index in [1.54, 1.807) is 31.0 Å². The van der Waals surface area contributed by atoms with Crippen LogP contribution in [0.2, 0.25) is 0 Å². The van der Waals surface area contributed by atoms with Gasteiger partial charge in [0, 0.05) is 46.6 Å². The molecule has 1 unspecified atom stereocenters. The zero-order valence-corrected chi connectivity index (χ0v) is 32.0. The van der Waals surface area contributed by atoms with Gasteiger partial charge in [-0.1, -0.05) is 6.07 Å². The van der Waals surface area contributed by atoms with Crippen molar-refractivity contribution in [1.82, 2.24) is 15.1 Å². The van der Waals surface area contributed by atoms with Gasteiger partial charge in [0.1, 0.15) is 18.4 Å². The van der Waals surface area contributed by atoms with Crippen LogP contribution in [0.3, 0.4) is 0 Å². The maximum absolute atomic E-state index is 14.8. The molecule has 0 aromatic heterocycles. The number of hydrogen-bond acceptors (Lipinski definition) is 14. The molecular weight excluding hydrogens is 713 g/mol. The van der Waals surface area contributed by atoms with Crippen molar-refractivity contribution >= 4 is 17.7 Å². The van der Waals surface area contributed by atoms with E-state index in [2.05, 4.69) is 27.3 Å². The zero-order chi connectivity index (χ0) is 37.8. The largest absolute Gasteiger partial charge is 0.504 e. The Hall–Kier alpha value is -4.55. The van der Waals surface area contributed by atoms with Gasteiger partial charge in [-0.25, -0.2) is 4.79 Å². The van der Waals surface area contributed by atoms with E-state index in [9.17, 15) is 20.3 Å². The quantitative estimate of drug-likeness (QED) is 0.321. The van der Waals surface area contributed by atoms with Crippen LogP contribution in [0.4, 0.5) is 0 Å². The highest BCUT2D eigenvalue weighted by molar-refractivity contribution is 7.99. The molecular formula is C40H44N4O9S. The van der Waals surface area contributed by atoms with Gasteiger partial charge < -0.3 is 38.6 Å². The molecule has 0 saturated carbocycles. The summed E-state index contributed by atoms with van der Waals surface area (Å²) in [4.78, 5) is 19.2. The van der Waals surface area contributed by atoms with E-state index in [4.69, 9.17) is 28.4 Å². The molecule has 13 nitrogen and oxygen atoms in total. The number of nitrogens with zero attached hydrogens (tertiary/aromatic N) is 3. The lowest BCUT2D eigenvalue weighted by Crippen LogP contribution is -2.69. The number of phenols is 2. The Morgan fingerprint density at radius 1 is 1.06 bits per heavy atom. The SMILES string of the molecule is CCOc1c(C)c2c(c3c1[C@H]1SC[C@]4(NCCc5cc(O)c(OC)cc54)C(=O)OC[C@H]3N3C1[C@H]1c4c(cc(C)c(OC)c4O)C[C@@H]([C@@H]3C#N)N1C)OCO2. The van der Waals surface area contributed by atoms with Crippen LogP contribution < -0.4 is 29.0 Å². The normalized spacial score (nSPS) is 29.3. The first-order valence-corrected chi connectivity index (χ1v) is 19.5. The minimum Gasteiger partial charge on any atom is -0.504 e. The molecule has 0 aliphatic carbocycles. The molecule has 0 amide bonds. The Morgan fingerprint density at radius 3 is 2.59 bits per heavy atom. The van der Waals surface area contributed by atoms with Crippen LogP contribution in [0, 0.1) is 25.2 Å². The second kappa shape index (κ2) is 12.8. The van der Waals surface area contributed by atoms with Crippen LogP contribution in [0.25, 0.3) is 0 Å². The summed E-state index contributed by atoms with van der Waals surface area (Å²) >= 11 is 1.59. The van der Waals surface area contributed by atoms with Crippen molar-refractivity contribution in [2.45, 2.75) is 74.6 Å². The second-order valence-corrected chi connectivity index (χ2v) is 16.1. The molecule has 3 aromatic rings. The molecule has 14 heteroatoms. The first-order chi connectivity index (χ1) is 26.1. The van der Waals surface area contributed by atoms with E-state index >= 15 is 0 Å². The molecule has 7 aliphatic heterocycles. The highest BCUT2D eigenvalue weighted by Crippen LogP contribution is 2.64. The maximum atomic E-state index is 14.8. The zero-order valence-electron chi connectivity index (χ0n) is 31.1. The van der Waals surface area contributed by atoms with Crippen molar-refractivity contribution in [2.24, 2.45) is 0 Å². The number of esters is 1. The number of methoxy groups -OCH3 is 2. The lowest BCUT2D eigenvalue weighted by atomic mass is 9.71. The number of fused-ring (bicyclic) bond motifs is 9. The fourth-order valence-electron chi connectivity index (χ4n) is 10.2. The molecule has 3 N–H and O–H groups in total. The summed E-state index contributed by atoms with van der Waals surface area (Å²) in [7, 11) is 5.10. The smallest absolute Gasteiger partial charge is 0.331 e. The minimum atomic E-state index is -1.29. The predicted octanol–water partition coefficient (Wildman–Crippen LogP) is 4.46. The third-order valence-corrected chi connectivity index (χ3v) is 14.0. The fourth-order valence-corrected chi connectivity index (χ4v) is 11.9. The van der Waals surface area contributed by atoms with E-state index in [1.165, 1.54) is 7.11 Å². The molecule has 7 heterocycles. The van der Waals surface area contributed by atoms with Crippen molar-refractivity contribution in [3.05, 3.63) is 62.7 Å². The molecule has 2 fully saturated rings. The lowest BCUT2D eigenvalue weighted by Gasteiger charge is -2.62. The van der Waals surface area contributed by atoms with Gasteiger partial charge in [0.05, 0.1) is 44.2 Å². The Morgan fingerprint density at radius 2 is 1.85 bits per heavy atom. The summed E-state index contributed by atoms with van der Waals surface area (Å²) in [6.07, 6.45) is 1.14. The van der Waals surface area contributed by atoms with Crippen molar-refractivity contribution in [3.8, 4) is 46.3 Å². The molecule has 3 aromatic carbocycles. The predicted molar refractivity (Wildman–Crippen MR) is 198 cm³/mol. The van der Waals surface area contributed by atoms with E-state index in [1.807, 2.05) is 27.8 Å². The maximum Gasteiger partial charge on any atom is 0.331 e. The summed E-state index contributed by atoms with van der Waals surface area (Å²) < 4.78 is 36.7. The van der Waals surface area contributed by atoms with Gasteiger partial charge in [-0.2, -0.15) is 5.26 Å². The number of carbonyl (C=O) groups excluding carboxylic acids is 1. The summed E-state index contributed by atoms with van der Waals surface area (Å²) in [5, 5.41) is 37.1. The molecule has 2 saturated heterocycles. The first kappa shape index (κ1) is 35.2. The van der Waals surface area contributed by atoms with Crippen molar-refractivity contribution in [1.29, 1.82) is 5.26 Å². The third-order valence-electron chi connectivity index (χ3n) is 12.5. The number of piperazine rings is 1. The number of aryl methyl sites for hydroxylation is 1. The van der Waals surface area contributed by atoms with Crippen LogP contribution in [0.15, 0.2) is 18.2 Å². The van der Waals surface area contributed by atoms with E-state index in [-0.39, 0.29) is 48.5 Å². The van der Waals surface area contributed by atoms with Gasteiger partial charge >= 0.3 is 5.97 Å². The Labute approximate surface area is 318 Å². The number of rotatable bonds is 4. The number of ether oxygens (including phenoxy) is 6. The number of likely N-dealkylation sites (N-methyl/N-ethyl adjacent to an activating group) is 1. The van der Waals surface area contributed by atoms with Gasteiger partial charge in [0.15, 0.2) is 40.0 Å². The summed E-state index contributed by atoms with van der Waals surface area (Å²) in [5.41, 5.74) is 5.35. The van der Waals surface area contributed by atoms with E-state index in [0.29, 0.717) is 54.6 Å². The van der Waals surface area contributed by atoms with Gasteiger partial charge in [-0.05, 0) is 75.0 Å². The van der Waals surface area contributed by atoms with Crippen LogP contribution in [-0.4, -0.2) is 97.7 Å². The summed E-state index contributed by atoms with van der Waals surface area (Å²) in [6, 6.07) is 5.91. The second-order valence-electron chi connectivity index (χ2n) is 14.9. The molecule has 10 rings (SSSR count). The van der Waals surface area contributed by atoms with E-state index in [0.717, 1.165) is 38.9 Å².